The molecule has 2 aliphatic rings. The monoisotopic (exact) mass is 1690 g/mol. The Labute approximate surface area is 781 Å². The van der Waals surface area contributed by atoms with Crippen molar-refractivity contribution in [2.24, 2.45) is 0 Å². The van der Waals surface area contributed by atoms with Crippen molar-refractivity contribution in [2.75, 3.05) is 9.80 Å². The van der Waals surface area contributed by atoms with Gasteiger partial charge in [-0.1, -0.05) is 283 Å². The van der Waals surface area contributed by atoms with Gasteiger partial charge in [-0.2, -0.15) is 10.5 Å². The molecule has 130 heavy (non-hydrogen) atoms. The fourth-order valence-corrected chi connectivity index (χ4v) is 20.7. The summed E-state index contributed by atoms with van der Waals surface area (Å²) in [5, 5.41) is 32.7. The van der Waals surface area contributed by atoms with E-state index < -0.39 is 121 Å². The van der Waals surface area contributed by atoms with Crippen LogP contribution in [0.4, 0.5) is 34.1 Å². The third kappa shape index (κ3) is 11.7. The molecule has 5 aromatic heterocycles. The molecule has 2 aliphatic heterocycles. The second kappa shape index (κ2) is 28.4. The number of hydrogen-bond acceptors (Lipinski definition) is 4. The minimum Gasteiger partial charge on any atom is -0.310 e. The second-order valence-electron chi connectivity index (χ2n) is 38.6. The smallest absolute Gasteiger partial charge is 0.252 e. The molecule has 24 rings (SSSR count). The molecule has 0 saturated heterocycles. The van der Waals surface area contributed by atoms with Gasteiger partial charge in [-0.25, -0.2) is 0 Å². The van der Waals surface area contributed by atoms with E-state index in [2.05, 4.69) is 218 Å². The molecule has 622 valence electrons. The molecule has 0 saturated carbocycles. The number of hydrogen-bond donors (Lipinski definition) is 0. The van der Waals surface area contributed by atoms with E-state index in [0.717, 1.165) is 98.4 Å². The second-order valence-corrected chi connectivity index (χ2v) is 38.6. The van der Waals surface area contributed by atoms with E-state index in [1.807, 2.05) is 136 Å². The highest BCUT2D eigenvalue weighted by Gasteiger charge is 2.47. The lowest BCUT2D eigenvalue weighted by atomic mass is 9.33. The van der Waals surface area contributed by atoms with Crippen LogP contribution < -0.4 is 26.2 Å². The zero-order valence-electron chi connectivity index (χ0n) is 90.8. The molecule has 0 radical (unpaired) electrons. The molecular weight excluding hydrogens is 1580 g/mol. The van der Waals surface area contributed by atoms with Crippen molar-refractivity contribution in [1.29, 1.82) is 10.5 Å². The highest BCUT2D eigenvalue weighted by Crippen LogP contribution is 2.55. The van der Waals surface area contributed by atoms with E-state index in [9.17, 15) is 29.7 Å². The Hall–Kier alpha value is -15.6. The highest BCUT2D eigenvalue weighted by molar-refractivity contribution is 7.00. The number of aromatic nitrogens is 5. The molecule has 7 heterocycles. The largest absolute Gasteiger partial charge is 0.310 e. The maximum absolute atomic E-state index is 13.0. The molecule has 10 heteroatoms. The summed E-state index contributed by atoms with van der Waals surface area (Å²) < 4.78 is 179. The van der Waals surface area contributed by atoms with E-state index in [-0.39, 0.29) is 94.2 Å². The van der Waals surface area contributed by atoms with Crippen molar-refractivity contribution in [2.45, 2.75) is 105 Å². The van der Waals surface area contributed by atoms with Crippen LogP contribution in [0.15, 0.2) is 351 Å². The third-order valence-corrected chi connectivity index (χ3v) is 27.0. The van der Waals surface area contributed by atoms with Crippen molar-refractivity contribution in [3.8, 4) is 62.8 Å². The van der Waals surface area contributed by atoms with Gasteiger partial charge in [0, 0.05) is 93.6 Å². The van der Waals surface area contributed by atoms with Gasteiger partial charge in [0.25, 0.3) is 6.71 Å². The minimum atomic E-state index is -0.990. The van der Waals surface area contributed by atoms with Gasteiger partial charge < -0.3 is 32.6 Å². The van der Waals surface area contributed by atoms with Crippen LogP contribution in [0.2, 0.25) is 0 Å². The molecule has 0 atom stereocenters. The summed E-state index contributed by atoms with van der Waals surface area (Å²) in [5.74, 6) is 0. The topological polar surface area (TPSA) is 78.7 Å². The molecule has 0 spiro atoms. The Balaban J connectivity index is 0.938. The van der Waals surface area contributed by atoms with Crippen LogP contribution in [0.25, 0.3) is 160 Å². The van der Waals surface area contributed by atoms with Gasteiger partial charge in [-0.3, -0.25) is 0 Å². The Morgan fingerprint density at radius 2 is 0.669 bits per heavy atom. The third-order valence-electron chi connectivity index (χ3n) is 27.0. The lowest BCUT2D eigenvalue weighted by molar-refractivity contribution is 0.590. The first-order valence-corrected chi connectivity index (χ1v) is 44.1. The van der Waals surface area contributed by atoms with Crippen molar-refractivity contribution in [3.63, 3.8) is 0 Å². The number of nitriles is 2. The maximum atomic E-state index is 13.0. The molecule has 0 aliphatic carbocycles. The zero-order chi connectivity index (χ0) is 103. The first-order valence-electron chi connectivity index (χ1n) is 52.6. The van der Waals surface area contributed by atoms with Crippen LogP contribution >= 0.6 is 0 Å². The van der Waals surface area contributed by atoms with Crippen LogP contribution in [-0.2, 0) is 21.7 Å². The summed E-state index contributed by atoms with van der Waals surface area (Å²) in [6.45, 7) is 25.3. The van der Waals surface area contributed by atoms with Crippen LogP contribution in [0.3, 0.4) is 0 Å². The summed E-state index contributed by atoms with van der Waals surface area (Å²) in [6, 6.07) is 76.4. The Kier molecular flexibility index (Phi) is 13.5. The summed E-state index contributed by atoms with van der Waals surface area (Å²) in [4.78, 5) is 3.95. The lowest BCUT2D eigenvalue weighted by Crippen LogP contribution is -2.61. The number of para-hydroxylation sites is 5. The number of nitrogens with zero attached hydrogens (tertiary/aromatic N) is 9. The molecule has 0 amide bonds. The lowest BCUT2D eigenvalue weighted by Gasteiger charge is -2.45. The van der Waals surface area contributed by atoms with Gasteiger partial charge in [-0.05, 0) is 229 Å². The van der Waals surface area contributed by atoms with Crippen LogP contribution in [0, 0.1) is 22.7 Å². The normalized spacial score (nSPS) is 14.8. The first kappa shape index (κ1) is 61.7. The molecule has 9 nitrogen and oxygen atoms in total. The zero-order valence-corrected chi connectivity index (χ0v) is 73.8. The van der Waals surface area contributed by atoms with E-state index >= 15 is 0 Å². The van der Waals surface area contributed by atoms with E-state index in [1.165, 1.54) is 4.57 Å². The van der Waals surface area contributed by atoms with Gasteiger partial charge in [-0.15, -0.1) is 0 Å². The fourth-order valence-electron chi connectivity index (χ4n) is 20.7. The van der Waals surface area contributed by atoms with Gasteiger partial charge in [0.2, 0.25) is 0 Å². The first-order chi connectivity index (χ1) is 70.0. The van der Waals surface area contributed by atoms with Crippen LogP contribution in [-0.4, -0.2) is 29.5 Å². The van der Waals surface area contributed by atoms with Gasteiger partial charge >= 0.3 is 0 Å². The Morgan fingerprint density at radius 3 is 1.14 bits per heavy atom. The minimum absolute atomic E-state index is 0.0103. The van der Waals surface area contributed by atoms with Gasteiger partial charge in [0.15, 0.2) is 0 Å². The molecule has 0 N–H and O–H groups in total. The predicted molar refractivity (Wildman–Crippen MR) is 547 cm³/mol. The molecule has 22 aromatic rings. The number of fused-ring (bicyclic) bond motifs is 19. The van der Waals surface area contributed by atoms with Crippen molar-refractivity contribution in [3.05, 3.63) is 385 Å². The maximum Gasteiger partial charge on any atom is 0.252 e. The predicted octanol–water partition coefficient (Wildman–Crippen LogP) is 29.5. The van der Waals surface area contributed by atoms with Crippen LogP contribution in [0.5, 0.6) is 0 Å². The fraction of sp³-hybridized carbons (Fsp3) is 0.133. The highest BCUT2D eigenvalue weighted by atomic mass is 15.2. The number of anilines is 6. The average molecular weight is 1690 g/mol. The van der Waals surface area contributed by atoms with Crippen molar-refractivity contribution in [1.82, 2.24) is 22.8 Å². The summed E-state index contributed by atoms with van der Waals surface area (Å²) in [5.41, 5.74) is 12.8. The molecule has 17 aromatic carbocycles. The Morgan fingerprint density at radius 1 is 0.269 bits per heavy atom. The van der Waals surface area contributed by atoms with E-state index in [0.29, 0.717) is 61.5 Å². The summed E-state index contributed by atoms with van der Waals surface area (Å²) in [7, 11) is 0. The van der Waals surface area contributed by atoms with Gasteiger partial charge in [0.1, 0.15) is 17.7 Å². The van der Waals surface area contributed by atoms with Crippen LogP contribution in [0.1, 0.15) is 140 Å². The molecular formula is C120H94BN9. The van der Waals surface area contributed by atoms with Crippen molar-refractivity contribution < 1.29 is 23.3 Å². The van der Waals surface area contributed by atoms with E-state index in [1.54, 1.807) is 18.2 Å². The molecule has 0 fully saturated rings. The molecule has 0 unspecified atom stereocenters. The number of rotatable bonds is 9. The molecule has 0 bridgehead atoms. The average Bonchev–Trinajstić information content (AvgIpc) is 1.65. The Bertz CT molecular complexity index is 9540. The van der Waals surface area contributed by atoms with Crippen molar-refractivity contribution >= 4 is 166 Å². The SMILES string of the molecule is [2H]c1c([2H])c([2H])c(-c2c(-n3c4ccccc4c4ccccc43)ccc(C#N)c2N2c3cc(-n4c5ccc(C(C)(C)C)cc5c5cc(C(C)(C)C)ccc54)ccc3B3c4ccc(-n5c6ccc(C(C)(C)C)cc6c6cc(C(C)(C)C)ccc65)cc4N(c4cccc(-n5c6ccccc6c6ccccc65)c4C#N)c4cc(-n5c6c([2H])c([2H])c([2H])c([2H])c6c6c([2H])c(-c7c([2H])c([2H])c([2H])c([2H])c7[2H])c([2H])c([2H])c65)cc2c43)c([2H])c1[2H]. The standard InChI is InChI=1S/C120H94BN9/c1-117(2,3)77-48-58-105-90(63-77)91-64-78(118(4,5)6)49-59-106(91)124(105)81-52-54-95-110(67-81)129(103-45-29-44-102(94(103)72-123)127-98-40-25-19-34-84(98)85-35-20-26-41-99(85)127)112-69-83(126-97-39-24-23-38-88(97)89-62-75(46-56-104(89)126)73-30-15-13-16-31-73)70-113-115(112)121(95)96-55-53-82(125-107-60-50-79(119(7,8)9)65-92(107)93-66-80(120(10,11)12)51-61-108(93)125)68-111(96)130(113)116-76(71-122)47-57-109(114(116)74-32-17-14-18-33-74)128-100-42-27-21-36-86(100)87-37-22-28-43-101(87)128/h13-70H,1-12H3/i13D,14D,15D,16D,17D,18D,23D,24D,30D,31D,32D,33D,38D,39D,46D,56D,62D. The van der Waals surface area contributed by atoms with Gasteiger partial charge in [0.05, 0.1) is 112 Å². The number of benzene rings is 17. The van der Waals surface area contributed by atoms with E-state index in [4.69, 9.17) is 4.11 Å². The summed E-state index contributed by atoms with van der Waals surface area (Å²) in [6.07, 6.45) is 0. The summed E-state index contributed by atoms with van der Waals surface area (Å²) >= 11 is 0. The quantitative estimate of drug-likeness (QED) is 0.135.